The second-order valence-corrected chi connectivity index (χ2v) is 12.0. The van der Waals surface area contributed by atoms with Crippen LogP contribution in [-0.2, 0) is 30.8 Å². The molecule has 3 rings (SSSR count). The number of carbonyl (C=O) groups excluding carboxylic acids is 2. The SMILES string of the molecule is COc1ccc(CCN(C)S(=O)(=O)c2ccc(OC)c(N3CCN(C(=O)C(C)(C)OC(C)=O)CC3)c2)cc1OC. The molecule has 0 aromatic heterocycles. The summed E-state index contributed by atoms with van der Waals surface area (Å²) in [4.78, 5) is 28.1. The normalized spacial score (nSPS) is 14.2. The molecule has 0 aliphatic carbocycles. The molecule has 1 saturated heterocycles. The summed E-state index contributed by atoms with van der Waals surface area (Å²) < 4.78 is 49.6. The first-order chi connectivity index (χ1) is 18.8. The number of anilines is 1. The summed E-state index contributed by atoms with van der Waals surface area (Å²) in [6.45, 7) is 6.35. The van der Waals surface area contributed by atoms with Gasteiger partial charge in [0, 0.05) is 46.7 Å². The summed E-state index contributed by atoms with van der Waals surface area (Å²) in [5, 5.41) is 0. The van der Waals surface area contributed by atoms with Gasteiger partial charge in [0.15, 0.2) is 17.1 Å². The second kappa shape index (κ2) is 12.8. The van der Waals surface area contributed by atoms with E-state index in [4.69, 9.17) is 18.9 Å². The van der Waals surface area contributed by atoms with Crippen LogP contribution in [0.25, 0.3) is 0 Å². The molecule has 0 unspecified atom stereocenters. The van der Waals surface area contributed by atoms with Crippen molar-refractivity contribution in [2.24, 2.45) is 0 Å². The van der Waals surface area contributed by atoms with Gasteiger partial charge in [-0.25, -0.2) is 12.7 Å². The highest BCUT2D eigenvalue weighted by Gasteiger charge is 2.37. The lowest BCUT2D eigenvalue weighted by molar-refractivity contribution is -0.168. The van der Waals surface area contributed by atoms with Crippen molar-refractivity contribution in [3.8, 4) is 17.2 Å². The molecule has 0 N–H and O–H groups in total. The van der Waals surface area contributed by atoms with E-state index in [9.17, 15) is 18.0 Å². The molecule has 0 radical (unpaired) electrons. The Bertz CT molecular complexity index is 1320. The summed E-state index contributed by atoms with van der Waals surface area (Å²) in [5.74, 6) is 0.931. The number of likely N-dealkylation sites (N-methyl/N-ethyl adjacent to an activating group) is 1. The number of hydrogen-bond donors (Lipinski definition) is 0. The van der Waals surface area contributed by atoms with Gasteiger partial charge < -0.3 is 28.7 Å². The highest BCUT2D eigenvalue weighted by atomic mass is 32.2. The van der Waals surface area contributed by atoms with Gasteiger partial charge in [-0.1, -0.05) is 6.07 Å². The molecule has 40 heavy (non-hydrogen) atoms. The minimum atomic E-state index is -3.80. The zero-order valence-electron chi connectivity index (χ0n) is 24.2. The summed E-state index contributed by atoms with van der Waals surface area (Å²) in [6.07, 6.45) is 0.485. The summed E-state index contributed by atoms with van der Waals surface area (Å²) in [6, 6.07) is 10.3. The minimum absolute atomic E-state index is 0.146. The number of hydrogen-bond acceptors (Lipinski definition) is 9. The first-order valence-corrected chi connectivity index (χ1v) is 14.4. The summed E-state index contributed by atoms with van der Waals surface area (Å²) in [7, 11) is 2.40. The van der Waals surface area contributed by atoms with Crippen LogP contribution in [0.1, 0.15) is 26.3 Å². The largest absolute Gasteiger partial charge is 0.495 e. The van der Waals surface area contributed by atoms with Gasteiger partial charge >= 0.3 is 5.97 Å². The molecule has 1 aliphatic heterocycles. The summed E-state index contributed by atoms with van der Waals surface area (Å²) >= 11 is 0. The molecule has 2 aromatic carbocycles. The third kappa shape index (κ3) is 6.97. The van der Waals surface area contributed by atoms with Gasteiger partial charge in [0.25, 0.3) is 5.91 Å². The molecule has 1 amide bonds. The highest BCUT2D eigenvalue weighted by Crippen LogP contribution is 2.33. The highest BCUT2D eigenvalue weighted by molar-refractivity contribution is 7.89. The molecule has 2 aromatic rings. The average molecular weight is 578 g/mol. The lowest BCUT2D eigenvalue weighted by atomic mass is 10.1. The molecule has 0 bridgehead atoms. The fraction of sp³-hybridized carbons (Fsp3) is 0.500. The average Bonchev–Trinajstić information content (AvgIpc) is 2.94. The number of piperazine rings is 1. The molecular weight excluding hydrogens is 538 g/mol. The van der Waals surface area contributed by atoms with Crippen LogP contribution in [-0.4, -0.2) is 96.2 Å². The van der Waals surface area contributed by atoms with Gasteiger partial charge in [-0.05, 0) is 56.2 Å². The number of carbonyl (C=O) groups is 2. The Kier molecular flexibility index (Phi) is 9.91. The molecule has 11 nitrogen and oxygen atoms in total. The molecule has 12 heteroatoms. The van der Waals surface area contributed by atoms with Crippen molar-refractivity contribution in [1.29, 1.82) is 0 Å². The number of esters is 1. The zero-order chi connectivity index (χ0) is 29.7. The van der Waals surface area contributed by atoms with Crippen LogP contribution in [0.4, 0.5) is 5.69 Å². The zero-order valence-corrected chi connectivity index (χ0v) is 25.0. The Labute approximate surface area is 236 Å². The Morgan fingerprint density at radius 3 is 2.08 bits per heavy atom. The van der Waals surface area contributed by atoms with Crippen LogP contribution in [0.5, 0.6) is 17.2 Å². The van der Waals surface area contributed by atoms with Gasteiger partial charge in [-0.3, -0.25) is 9.59 Å². The number of amides is 1. The lowest BCUT2D eigenvalue weighted by Crippen LogP contribution is -2.55. The van der Waals surface area contributed by atoms with Crippen molar-refractivity contribution in [2.45, 2.75) is 37.7 Å². The maximum Gasteiger partial charge on any atom is 0.303 e. The van der Waals surface area contributed by atoms with E-state index in [1.165, 1.54) is 24.4 Å². The monoisotopic (exact) mass is 577 g/mol. The molecule has 1 aliphatic rings. The Hall–Kier alpha value is -3.51. The van der Waals surface area contributed by atoms with Crippen LogP contribution in [0.2, 0.25) is 0 Å². The molecule has 1 fully saturated rings. The quantitative estimate of drug-likeness (QED) is 0.372. The van der Waals surface area contributed by atoms with Crippen molar-refractivity contribution in [3.63, 3.8) is 0 Å². The molecule has 220 valence electrons. The van der Waals surface area contributed by atoms with E-state index in [0.717, 1.165) is 5.56 Å². The van der Waals surface area contributed by atoms with Gasteiger partial charge in [0.05, 0.1) is 31.9 Å². The van der Waals surface area contributed by atoms with E-state index < -0.39 is 21.6 Å². The van der Waals surface area contributed by atoms with Crippen LogP contribution in [0.15, 0.2) is 41.3 Å². The van der Waals surface area contributed by atoms with Gasteiger partial charge in [0.1, 0.15) is 5.75 Å². The number of ether oxygens (including phenoxy) is 4. The van der Waals surface area contributed by atoms with Crippen molar-refractivity contribution >= 4 is 27.6 Å². The number of rotatable bonds is 11. The third-order valence-corrected chi connectivity index (χ3v) is 8.70. The predicted octanol–water partition coefficient (Wildman–Crippen LogP) is 2.57. The number of benzene rings is 2. The molecular formula is C28H39N3O8S. The second-order valence-electron chi connectivity index (χ2n) is 9.98. The number of methoxy groups -OCH3 is 3. The van der Waals surface area contributed by atoms with Crippen molar-refractivity contribution in [1.82, 2.24) is 9.21 Å². The molecule has 0 atom stereocenters. The topological polar surface area (TPSA) is 115 Å². The smallest absolute Gasteiger partial charge is 0.303 e. The van der Waals surface area contributed by atoms with Crippen LogP contribution >= 0.6 is 0 Å². The van der Waals surface area contributed by atoms with Gasteiger partial charge in [0.2, 0.25) is 10.0 Å². The Morgan fingerprint density at radius 2 is 1.50 bits per heavy atom. The Balaban J connectivity index is 1.73. The summed E-state index contributed by atoms with van der Waals surface area (Å²) in [5.41, 5.74) is 0.281. The van der Waals surface area contributed by atoms with Crippen LogP contribution in [0.3, 0.4) is 0 Å². The van der Waals surface area contributed by atoms with Gasteiger partial charge in [-0.2, -0.15) is 0 Å². The minimum Gasteiger partial charge on any atom is -0.495 e. The Morgan fingerprint density at radius 1 is 0.900 bits per heavy atom. The van der Waals surface area contributed by atoms with E-state index in [1.807, 2.05) is 17.0 Å². The van der Waals surface area contributed by atoms with Gasteiger partial charge in [-0.15, -0.1) is 0 Å². The van der Waals surface area contributed by atoms with E-state index in [-0.39, 0.29) is 17.3 Å². The van der Waals surface area contributed by atoms with Crippen molar-refractivity contribution < 1.29 is 37.0 Å². The first-order valence-electron chi connectivity index (χ1n) is 12.9. The molecule has 0 saturated carbocycles. The lowest BCUT2D eigenvalue weighted by Gasteiger charge is -2.39. The number of nitrogens with zero attached hydrogens (tertiary/aromatic N) is 3. The van der Waals surface area contributed by atoms with E-state index in [2.05, 4.69) is 0 Å². The maximum absolute atomic E-state index is 13.5. The van der Waals surface area contributed by atoms with Crippen LogP contribution in [0, 0.1) is 0 Å². The first kappa shape index (κ1) is 31.0. The van der Waals surface area contributed by atoms with E-state index in [0.29, 0.717) is 55.5 Å². The maximum atomic E-state index is 13.5. The predicted molar refractivity (Wildman–Crippen MR) is 151 cm³/mol. The number of sulfonamides is 1. The van der Waals surface area contributed by atoms with Crippen LogP contribution < -0.4 is 19.1 Å². The molecule has 0 spiro atoms. The van der Waals surface area contributed by atoms with E-state index >= 15 is 0 Å². The standard InChI is InChI=1S/C28H39N3O8S/c1-20(32)39-28(2,3)27(33)31-16-14-30(15-17-31)23-19-22(9-11-24(23)36-5)40(34,35)29(4)13-12-21-8-10-25(37-6)26(18-21)38-7/h8-11,18-19H,12-17H2,1-7H3. The van der Waals surface area contributed by atoms with Crippen molar-refractivity contribution in [3.05, 3.63) is 42.0 Å². The van der Waals surface area contributed by atoms with E-state index in [1.54, 1.807) is 58.2 Å². The fourth-order valence-corrected chi connectivity index (χ4v) is 5.83. The third-order valence-electron chi connectivity index (χ3n) is 6.84. The van der Waals surface area contributed by atoms with Crippen molar-refractivity contribution in [2.75, 3.05) is 66.0 Å². The molecule has 1 heterocycles. The fourth-order valence-electron chi connectivity index (χ4n) is 4.63.